The normalized spacial score (nSPS) is 11.1. The van der Waals surface area contributed by atoms with E-state index in [-0.39, 0.29) is 11.7 Å². The van der Waals surface area contributed by atoms with Crippen LogP contribution in [-0.2, 0) is 17.6 Å². The SMILES string of the molecule is Cn1cccc1C=NNC(=O)CSc1nnc(SCc2ccccc2)s1. The topological polar surface area (TPSA) is 72.2 Å². The summed E-state index contributed by atoms with van der Waals surface area (Å²) in [6.45, 7) is 0. The van der Waals surface area contributed by atoms with Gasteiger partial charge in [0.05, 0.1) is 17.7 Å². The Hall–Kier alpha value is -2.10. The quantitative estimate of drug-likeness (QED) is 0.354. The van der Waals surface area contributed by atoms with E-state index in [2.05, 4.69) is 32.9 Å². The van der Waals surface area contributed by atoms with Crippen LogP contribution in [0.4, 0.5) is 0 Å². The summed E-state index contributed by atoms with van der Waals surface area (Å²) in [7, 11) is 1.92. The lowest BCUT2D eigenvalue weighted by atomic mass is 10.2. The summed E-state index contributed by atoms with van der Waals surface area (Å²) in [6.07, 6.45) is 3.54. The van der Waals surface area contributed by atoms with Crippen LogP contribution in [0.2, 0.25) is 0 Å². The largest absolute Gasteiger partial charge is 0.350 e. The molecule has 1 N–H and O–H groups in total. The Labute approximate surface area is 164 Å². The van der Waals surface area contributed by atoms with Gasteiger partial charge in [-0.15, -0.1) is 10.2 Å². The first-order valence-corrected chi connectivity index (χ1v) is 10.6. The maximum absolute atomic E-state index is 11.8. The van der Waals surface area contributed by atoms with E-state index in [1.807, 2.05) is 48.1 Å². The summed E-state index contributed by atoms with van der Waals surface area (Å²) < 4.78 is 3.60. The maximum Gasteiger partial charge on any atom is 0.250 e. The van der Waals surface area contributed by atoms with Gasteiger partial charge in [-0.05, 0) is 17.7 Å². The van der Waals surface area contributed by atoms with Crippen LogP contribution in [0.1, 0.15) is 11.3 Å². The monoisotopic (exact) mass is 403 g/mol. The van der Waals surface area contributed by atoms with E-state index in [0.717, 1.165) is 20.1 Å². The standard InChI is InChI=1S/C17H17N5OS3/c1-22-9-5-8-14(22)10-18-19-15(23)12-25-17-21-20-16(26-17)24-11-13-6-3-2-4-7-13/h2-10H,11-12H2,1H3,(H,19,23). The van der Waals surface area contributed by atoms with E-state index in [1.54, 1.807) is 18.0 Å². The molecule has 2 aromatic heterocycles. The number of aryl methyl sites for hydroxylation is 1. The lowest BCUT2D eigenvalue weighted by Crippen LogP contribution is -2.19. The highest BCUT2D eigenvalue weighted by molar-refractivity contribution is 8.03. The van der Waals surface area contributed by atoms with Gasteiger partial charge in [0.25, 0.3) is 5.91 Å². The first kappa shape index (κ1) is 18.7. The molecule has 1 amide bonds. The number of benzene rings is 1. The molecule has 3 aromatic rings. The third-order valence-electron chi connectivity index (χ3n) is 3.29. The van der Waals surface area contributed by atoms with E-state index < -0.39 is 0 Å². The minimum Gasteiger partial charge on any atom is -0.350 e. The number of carbonyl (C=O) groups is 1. The van der Waals surface area contributed by atoms with Gasteiger partial charge in [-0.1, -0.05) is 65.2 Å². The number of thioether (sulfide) groups is 2. The third-order valence-corrected chi connectivity index (χ3v) is 6.55. The highest BCUT2D eigenvalue weighted by Crippen LogP contribution is 2.30. The van der Waals surface area contributed by atoms with Crippen LogP contribution in [-0.4, -0.2) is 32.6 Å². The fourth-order valence-corrected chi connectivity index (χ4v) is 4.74. The molecule has 0 aliphatic heterocycles. The van der Waals surface area contributed by atoms with Crippen molar-refractivity contribution < 1.29 is 4.79 Å². The summed E-state index contributed by atoms with van der Waals surface area (Å²) in [6, 6.07) is 14.1. The van der Waals surface area contributed by atoms with Gasteiger partial charge in [-0.3, -0.25) is 4.79 Å². The van der Waals surface area contributed by atoms with Crippen molar-refractivity contribution in [3.63, 3.8) is 0 Å². The molecular formula is C17H17N5OS3. The van der Waals surface area contributed by atoms with Crippen molar-refractivity contribution in [2.75, 3.05) is 5.75 Å². The van der Waals surface area contributed by atoms with Gasteiger partial charge in [-0.2, -0.15) is 5.10 Å². The van der Waals surface area contributed by atoms with Crippen LogP contribution in [0.3, 0.4) is 0 Å². The second kappa shape index (κ2) is 9.56. The van der Waals surface area contributed by atoms with Crippen LogP contribution in [0, 0.1) is 0 Å². The van der Waals surface area contributed by atoms with Crippen LogP contribution in [0.25, 0.3) is 0 Å². The van der Waals surface area contributed by atoms with Crippen LogP contribution in [0.15, 0.2) is 62.4 Å². The van der Waals surface area contributed by atoms with Crippen molar-refractivity contribution in [1.82, 2.24) is 20.2 Å². The Balaban J connectivity index is 1.40. The minimum absolute atomic E-state index is 0.172. The number of aromatic nitrogens is 3. The molecule has 6 nitrogen and oxygen atoms in total. The van der Waals surface area contributed by atoms with Gasteiger partial charge >= 0.3 is 0 Å². The molecule has 26 heavy (non-hydrogen) atoms. The molecule has 9 heteroatoms. The van der Waals surface area contributed by atoms with Gasteiger partial charge in [-0.25, -0.2) is 5.43 Å². The zero-order valence-corrected chi connectivity index (χ0v) is 16.5. The van der Waals surface area contributed by atoms with E-state index in [4.69, 9.17) is 0 Å². The van der Waals surface area contributed by atoms with Gasteiger partial charge in [0, 0.05) is 19.0 Å². The second-order valence-electron chi connectivity index (χ2n) is 5.23. The summed E-state index contributed by atoms with van der Waals surface area (Å²) in [4.78, 5) is 11.8. The summed E-state index contributed by atoms with van der Waals surface area (Å²) >= 11 is 4.51. The molecule has 0 unspecified atom stereocenters. The van der Waals surface area contributed by atoms with Gasteiger partial charge in [0.15, 0.2) is 8.68 Å². The van der Waals surface area contributed by atoms with Crippen molar-refractivity contribution in [2.24, 2.45) is 12.1 Å². The number of carbonyl (C=O) groups excluding carboxylic acids is 1. The molecule has 0 atom stereocenters. The molecule has 0 aliphatic carbocycles. The number of rotatable bonds is 8. The first-order chi connectivity index (χ1) is 12.7. The maximum atomic E-state index is 11.8. The molecule has 0 fully saturated rings. The number of amides is 1. The lowest BCUT2D eigenvalue weighted by molar-refractivity contribution is -0.118. The van der Waals surface area contributed by atoms with Gasteiger partial charge in [0.1, 0.15) is 0 Å². The number of hydrogen-bond acceptors (Lipinski definition) is 7. The average Bonchev–Trinajstić information content (AvgIpc) is 3.28. The fourth-order valence-electron chi connectivity index (χ4n) is 1.97. The van der Waals surface area contributed by atoms with Crippen molar-refractivity contribution >= 4 is 47.0 Å². The van der Waals surface area contributed by atoms with E-state index in [9.17, 15) is 4.79 Å². The fraction of sp³-hybridized carbons (Fsp3) is 0.176. The third kappa shape index (κ3) is 5.72. The van der Waals surface area contributed by atoms with Crippen molar-refractivity contribution in [1.29, 1.82) is 0 Å². The number of nitrogens with zero attached hydrogens (tertiary/aromatic N) is 4. The Morgan fingerprint density at radius 1 is 1.19 bits per heavy atom. The second-order valence-corrected chi connectivity index (χ2v) is 8.66. The lowest BCUT2D eigenvalue weighted by Gasteiger charge is -1.98. The highest BCUT2D eigenvalue weighted by atomic mass is 32.2. The van der Waals surface area contributed by atoms with E-state index in [0.29, 0.717) is 0 Å². The first-order valence-electron chi connectivity index (χ1n) is 7.77. The van der Waals surface area contributed by atoms with Crippen LogP contribution in [0.5, 0.6) is 0 Å². The molecular weight excluding hydrogens is 386 g/mol. The number of hydrazone groups is 1. The molecule has 1 aromatic carbocycles. The number of nitrogens with one attached hydrogen (secondary N) is 1. The summed E-state index contributed by atoms with van der Waals surface area (Å²) in [5.74, 6) is 0.936. The summed E-state index contributed by atoms with van der Waals surface area (Å²) in [5, 5.41) is 12.2. The van der Waals surface area contributed by atoms with Gasteiger partial charge < -0.3 is 4.57 Å². The molecule has 3 rings (SSSR count). The Bertz CT molecular complexity index is 875. The van der Waals surface area contributed by atoms with E-state index in [1.165, 1.54) is 28.7 Å². The minimum atomic E-state index is -0.172. The van der Waals surface area contributed by atoms with Crippen molar-refractivity contribution in [3.05, 3.63) is 59.9 Å². The Kier molecular flexibility index (Phi) is 6.87. The van der Waals surface area contributed by atoms with Crippen LogP contribution < -0.4 is 5.43 Å². The Morgan fingerprint density at radius 3 is 2.69 bits per heavy atom. The highest BCUT2D eigenvalue weighted by Gasteiger charge is 2.08. The zero-order chi connectivity index (χ0) is 18.2. The predicted octanol–water partition coefficient (Wildman–Crippen LogP) is 3.41. The van der Waals surface area contributed by atoms with Crippen molar-refractivity contribution in [3.8, 4) is 0 Å². The Morgan fingerprint density at radius 2 is 1.96 bits per heavy atom. The summed E-state index contributed by atoms with van der Waals surface area (Å²) in [5.41, 5.74) is 4.69. The van der Waals surface area contributed by atoms with Crippen molar-refractivity contribution in [2.45, 2.75) is 14.4 Å². The van der Waals surface area contributed by atoms with Gasteiger partial charge in [0.2, 0.25) is 0 Å². The average molecular weight is 404 g/mol. The van der Waals surface area contributed by atoms with E-state index >= 15 is 0 Å². The molecule has 0 radical (unpaired) electrons. The molecule has 0 bridgehead atoms. The van der Waals surface area contributed by atoms with Crippen LogP contribution >= 0.6 is 34.9 Å². The smallest absolute Gasteiger partial charge is 0.250 e. The molecule has 0 spiro atoms. The molecule has 0 saturated heterocycles. The molecule has 134 valence electrons. The number of hydrogen-bond donors (Lipinski definition) is 1. The zero-order valence-electron chi connectivity index (χ0n) is 14.0. The molecule has 2 heterocycles. The molecule has 0 saturated carbocycles. The predicted molar refractivity (Wildman–Crippen MR) is 108 cm³/mol. The molecule has 0 aliphatic rings.